The van der Waals surface area contributed by atoms with Crippen LogP contribution in [0, 0.1) is 24.7 Å². The fourth-order valence-electron chi connectivity index (χ4n) is 5.02. The second-order valence-corrected chi connectivity index (χ2v) is 10.2. The molecule has 2 bridgehead atoms. The Hall–Kier alpha value is -1.40. The first-order chi connectivity index (χ1) is 12.4. The van der Waals surface area contributed by atoms with Crippen LogP contribution in [-0.4, -0.2) is 49.7 Å². The molecule has 1 amide bonds. The Balaban J connectivity index is 1.33. The van der Waals surface area contributed by atoms with Crippen molar-refractivity contribution in [1.29, 1.82) is 0 Å². The number of fused-ring (bicyclic) bond motifs is 2. The number of hydrogen-bond acceptors (Lipinski definition) is 3. The van der Waals surface area contributed by atoms with Crippen LogP contribution < -0.4 is 0 Å². The largest absolute Gasteiger partial charge is 0.340 e. The van der Waals surface area contributed by atoms with Crippen LogP contribution in [0.3, 0.4) is 0 Å². The molecule has 3 aliphatic rings. The third-order valence-electron chi connectivity index (χ3n) is 6.57. The molecule has 1 heterocycles. The average molecular weight is 377 g/mol. The molecule has 0 N–H and O–H groups in total. The maximum atomic E-state index is 12.8. The van der Waals surface area contributed by atoms with Crippen molar-refractivity contribution in [2.24, 2.45) is 17.8 Å². The molecular weight excluding hydrogens is 348 g/mol. The highest BCUT2D eigenvalue weighted by molar-refractivity contribution is 7.89. The van der Waals surface area contributed by atoms with E-state index in [1.807, 2.05) is 24.0 Å². The van der Waals surface area contributed by atoms with Gasteiger partial charge in [0.2, 0.25) is 15.9 Å². The molecule has 0 radical (unpaired) electrons. The maximum Gasteiger partial charge on any atom is 0.243 e. The van der Waals surface area contributed by atoms with Gasteiger partial charge in [0.15, 0.2) is 0 Å². The molecule has 142 valence electrons. The van der Waals surface area contributed by atoms with Gasteiger partial charge < -0.3 is 4.90 Å². The van der Waals surface area contributed by atoms with Crippen LogP contribution in [0.1, 0.15) is 37.7 Å². The summed E-state index contributed by atoms with van der Waals surface area (Å²) in [5.41, 5.74) is 1.04. The first kappa shape index (κ1) is 18.0. The monoisotopic (exact) mass is 376 g/mol. The molecule has 2 saturated carbocycles. The quantitative estimate of drug-likeness (QED) is 0.812. The molecule has 4 rings (SSSR count). The van der Waals surface area contributed by atoms with Crippen LogP contribution in [0.15, 0.2) is 29.2 Å². The molecule has 0 spiro atoms. The normalized spacial score (nSPS) is 29.3. The highest BCUT2D eigenvalue weighted by Gasteiger charge is 2.41. The SMILES string of the molecule is Cc1ccc(S(=O)(=O)N2CCN(C(=O)C[C@@H]3C[C@@H]4CC[C@@H]3C4)CC2)cc1. The van der Waals surface area contributed by atoms with Gasteiger partial charge in [-0.3, -0.25) is 4.79 Å². The average Bonchev–Trinajstić information content (AvgIpc) is 3.25. The van der Waals surface area contributed by atoms with Gasteiger partial charge in [-0.15, -0.1) is 0 Å². The van der Waals surface area contributed by atoms with Crippen LogP contribution >= 0.6 is 0 Å². The van der Waals surface area contributed by atoms with E-state index >= 15 is 0 Å². The minimum atomic E-state index is -3.46. The van der Waals surface area contributed by atoms with Crippen molar-refractivity contribution in [1.82, 2.24) is 9.21 Å². The fourth-order valence-corrected chi connectivity index (χ4v) is 6.44. The van der Waals surface area contributed by atoms with Crippen molar-refractivity contribution in [3.8, 4) is 0 Å². The topological polar surface area (TPSA) is 57.7 Å². The summed E-state index contributed by atoms with van der Waals surface area (Å²) in [5.74, 6) is 2.40. The summed E-state index contributed by atoms with van der Waals surface area (Å²) in [6.07, 6.45) is 5.85. The number of hydrogen-bond donors (Lipinski definition) is 0. The minimum Gasteiger partial charge on any atom is -0.340 e. The van der Waals surface area contributed by atoms with E-state index in [-0.39, 0.29) is 5.91 Å². The number of nitrogens with zero attached hydrogens (tertiary/aromatic N) is 2. The van der Waals surface area contributed by atoms with E-state index in [2.05, 4.69) is 0 Å². The van der Waals surface area contributed by atoms with Gasteiger partial charge in [0.05, 0.1) is 4.90 Å². The molecule has 3 atom stereocenters. The predicted molar refractivity (Wildman–Crippen MR) is 100 cm³/mol. The van der Waals surface area contributed by atoms with Crippen molar-refractivity contribution in [2.75, 3.05) is 26.2 Å². The first-order valence-electron chi connectivity index (χ1n) is 9.78. The molecule has 5 nitrogen and oxygen atoms in total. The summed E-state index contributed by atoms with van der Waals surface area (Å²) in [7, 11) is -3.46. The highest BCUT2D eigenvalue weighted by atomic mass is 32.2. The number of sulfonamides is 1. The Labute approximate surface area is 156 Å². The fraction of sp³-hybridized carbons (Fsp3) is 0.650. The lowest BCUT2D eigenvalue weighted by Gasteiger charge is -2.35. The van der Waals surface area contributed by atoms with Crippen LogP contribution in [0.25, 0.3) is 0 Å². The summed E-state index contributed by atoms with van der Waals surface area (Å²) in [5, 5.41) is 0. The molecule has 2 aliphatic carbocycles. The van der Waals surface area contributed by atoms with E-state index in [0.717, 1.165) is 17.4 Å². The maximum absolute atomic E-state index is 12.8. The third kappa shape index (κ3) is 3.41. The first-order valence-corrected chi connectivity index (χ1v) is 11.2. The molecule has 1 aliphatic heterocycles. The van der Waals surface area contributed by atoms with Crippen LogP contribution in [-0.2, 0) is 14.8 Å². The number of carbonyl (C=O) groups excluding carboxylic acids is 1. The summed E-state index contributed by atoms with van der Waals surface area (Å²) < 4.78 is 27.0. The van der Waals surface area contributed by atoms with Gasteiger partial charge in [-0.05, 0) is 56.1 Å². The molecule has 1 saturated heterocycles. The van der Waals surface area contributed by atoms with Crippen molar-refractivity contribution >= 4 is 15.9 Å². The van der Waals surface area contributed by atoms with E-state index in [0.29, 0.717) is 43.4 Å². The van der Waals surface area contributed by atoms with Gasteiger partial charge in [0, 0.05) is 32.6 Å². The second-order valence-electron chi connectivity index (χ2n) is 8.24. The molecule has 1 aromatic rings. The smallest absolute Gasteiger partial charge is 0.243 e. The van der Waals surface area contributed by atoms with E-state index < -0.39 is 10.0 Å². The van der Waals surface area contributed by atoms with Gasteiger partial charge in [0.1, 0.15) is 0 Å². The zero-order valence-corrected chi connectivity index (χ0v) is 16.2. The van der Waals surface area contributed by atoms with Crippen molar-refractivity contribution < 1.29 is 13.2 Å². The zero-order chi connectivity index (χ0) is 18.3. The molecule has 6 heteroatoms. The summed E-state index contributed by atoms with van der Waals surface area (Å²) in [4.78, 5) is 14.9. The summed E-state index contributed by atoms with van der Waals surface area (Å²) >= 11 is 0. The van der Waals surface area contributed by atoms with E-state index in [4.69, 9.17) is 0 Å². The standard InChI is InChI=1S/C20H28N2O3S/c1-15-2-6-19(7-3-15)26(24,25)22-10-8-21(9-11-22)20(23)14-18-13-16-4-5-17(18)12-16/h2-3,6-7,16-18H,4-5,8-14H2,1H3/t16-,17-,18+/m1/s1. The van der Waals surface area contributed by atoms with Gasteiger partial charge in [-0.1, -0.05) is 24.1 Å². The second kappa shape index (κ2) is 6.97. The van der Waals surface area contributed by atoms with Gasteiger partial charge in [-0.2, -0.15) is 4.31 Å². The number of benzene rings is 1. The Bertz CT molecular complexity index is 767. The van der Waals surface area contributed by atoms with Crippen molar-refractivity contribution in [2.45, 2.75) is 43.9 Å². The van der Waals surface area contributed by atoms with E-state index in [9.17, 15) is 13.2 Å². The minimum absolute atomic E-state index is 0.218. The molecule has 0 unspecified atom stereocenters. The number of amides is 1. The lowest BCUT2D eigenvalue weighted by molar-refractivity contribution is -0.133. The third-order valence-corrected chi connectivity index (χ3v) is 8.48. The summed E-state index contributed by atoms with van der Waals surface area (Å²) in [6.45, 7) is 3.73. The van der Waals surface area contributed by atoms with Crippen LogP contribution in [0.5, 0.6) is 0 Å². The van der Waals surface area contributed by atoms with Gasteiger partial charge in [0.25, 0.3) is 0 Å². The van der Waals surface area contributed by atoms with Gasteiger partial charge in [-0.25, -0.2) is 8.42 Å². The summed E-state index contributed by atoms with van der Waals surface area (Å²) in [6, 6.07) is 6.97. The molecular formula is C20H28N2O3S. The highest BCUT2D eigenvalue weighted by Crippen LogP contribution is 2.49. The molecule has 1 aromatic carbocycles. The Morgan fingerprint density at radius 2 is 1.73 bits per heavy atom. The lowest BCUT2D eigenvalue weighted by atomic mass is 9.86. The molecule has 3 fully saturated rings. The zero-order valence-electron chi connectivity index (χ0n) is 15.4. The number of piperazine rings is 1. The Morgan fingerprint density at radius 1 is 1.04 bits per heavy atom. The van der Waals surface area contributed by atoms with E-state index in [1.165, 1.54) is 30.0 Å². The molecule has 26 heavy (non-hydrogen) atoms. The number of aryl methyl sites for hydroxylation is 1. The Morgan fingerprint density at radius 3 is 2.31 bits per heavy atom. The Kier molecular flexibility index (Phi) is 4.82. The number of rotatable bonds is 4. The predicted octanol–water partition coefficient (Wildman–Crippen LogP) is 2.65. The van der Waals surface area contributed by atoms with Crippen LogP contribution in [0.4, 0.5) is 0 Å². The lowest BCUT2D eigenvalue weighted by Crippen LogP contribution is -2.50. The van der Waals surface area contributed by atoms with Crippen molar-refractivity contribution in [3.05, 3.63) is 29.8 Å². The van der Waals surface area contributed by atoms with Gasteiger partial charge >= 0.3 is 0 Å². The number of carbonyl (C=O) groups is 1. The molecule has 0 aromatic heterocycles. The van der Waals surface area contributed by atoms with Crippen LogP contribution in [0.2, 0.25) is 0 Å². The van der Waals surface area contributed by atoms with Crippen molar-refractivity contribution in [3.63, 3.8) is 0 Å². The van der Waals surface area contributed by atoms with E-state index in [1.54, 1.807) is 12.1 Å².